The molecule has 1 unspecified atom stereocenters. The van der Waals surface area contributed by atoms with Gasteiger partial charge in [-0.05, 0) is 47.6 Å². The van der Waals surface area contributed by atoms with Crippen molar-refractivity contribution in [1.29, 1.82) is 0 Å². The Morgan fingerprint density at radius 1 is 1.43 bits per heavy atom. The van der Waals surface area contributed by atoms with E-state index < -0.39 is 10.0 Å². The average Bonchev–Trinajstić information content (AvgIpc) is 2.80. The molecular formula is C13H23BrN2O2S3. The number of thiophene rings is 1. The molecule has 0 saturated carbocycles. The molecule has 1 aromatic heterocycles. The molecule has 0 radical (unpaired) electrons. The highest BCUT2D eigenvalue weighted by molar-refractivity contribution is 9.11. The second-order valence-electron chi connectivity index (χ2n) is 4.76. The number of halogens is 1. The molecule has 0 aliphatic heterocycles. The zero-order valence-corrected chi connectivity index (χ0v) is 16.6. The van der Waals surface area contributed by atoms with Crippen LogP contribution in [-0.2, 0) is 16.6 Å². The summed E-state index contributed by atoms with van der Waals surface area (Å²) in [6.07, 6.45) is 3.92. The molecule has 21 heavy (non-hydrogen) atoms. The molecular weight excluding hydrogens is 392 g/mol. The maximum atomic E-state index is 12.3. The predicted molar refractivity (Wildman–Crippen MR) is 96.8 cm³/mol. The molecule has 2 N–H and O–H groups in total. The van der Waals surface area contributed by atoms with Gasteiger partial charge in [-0.25, -0.2) is 13.1 Å². The van der Waals surface area contributed by atoms with E-state index in [9.17, 15) is 8.42 Å². The molecule has 0 saturated heterocycles. The lowest BCUT2D eigenvalue weighted by molar-refractivity contribution is 0.579. The van der Waals surface area contributed by atoms with Gasteiger partial charge in [0.05, 0.1) is 3.79 Å². The molecule has 8 heteroatoms. The highest BCUT2D eigenvalue weighted by Crippen LogP contribution is 2.31. The zero-order valence-electron chi connectivity index (χ0n) is 12.6. The Kier molecular flexibility index (Phi) is 8.82. The fraction of sp³-hybridized carbons (Fsp3) is 0.692. The summed E-state index contributed by atoms with van der Waals surface area (Å²) in [5.41, 5.74) is 0. The van der Waals surface area contributed by atoms with Gasteiger partial charge in [0.2, 0.25) is 10.0 Å². The number of nitrogens with one attached hydrogen (secondary N) is 2. The van der Waals surface area contributed by atoms with Crippen molar-refractivity contribution in [1.82, 2.24) is 10.0 Å². The smallest absolute Gasteiger partial charge is 0.242 e. The van der Waals surface area contributed by atoms with E-state index in [2.05, 4.69) is 39.8 Å². The van der Waals surface area contributed by atoms with Crippen molar-refractivity contribution in [3.8, 4) is 0 Å². The highest BCUT2D eigenvalue weighted by Gasteiger charge is 2.20. The standard InChI is InChI=1S/C13H23BrN2O2S3/c1-4-6-15-9-11-8-12(13(14)20-11)21(17,18)16-7-5-10(2)19-3/h8,10,15-16H,4-7,9H2,1-3H3. The highest BCUT2D eigenvalue weighted by atomic mass is 79.9. The Labute approximate surface area is 144 Å². The molecule has 0 aliphatic carbocycles. The molecule has 0 aromatic carbocycles. The first-order valence-electron chi connectivity index (χ1n) is 6.92. The van der Waals surface area contributed by atoms with E-state index in [0.717, 1.165) is 24.3 Å². The molecule has 1 aromatic rings. The van der Waals surface area contributed by atoms with Crippen LogP contribution in [0.25, 0.3) is 0 Å². The summed E-state index contributed by atoms with van der Waals surface area (Å²) in [7, 11) is -3.43. The number of thioether (sulfide) groups is 1. The first kappa shape index (κ1) is 19.4. The second-order valence-corrected chi connectivity index (χ2v) is 10.2. The predicted octanol–water partition coefficient (Wildman–Crippen LogP) is 3.43. The summed E-state index contributed by atoms with van der Waals surface area (Å²) in [5, 5.41) is 3.73. The molecule has 1 atom stereocenters. The molecule has 0 spiro atoms. The van der Waals surface area contributed by atoms with E-state index in [1.165, 1.54) is 11.3 Å². The third-order valence-corrected chi connectivity index (χ3v) is 7.72. The van der Waals surface area contributed by atoms with E-state index in [1.54, 1.807) is 17.8 Å². The van der Waals surface area contributed by atoms with Crippen molar-refractivity contribution in [3.63, 3.8) is 0 Å². The van der Waals surface area contributed by atoms with Gasteiger partial charge < -0.3 is 5.32 Å². The Morgan fingerprint density at radius 3 is 2.76 bits per heavy atom. The molecule has 0 amide bonds. The monoisotopic (exact) mass is 414 g/mol. The Hall–Kier alpha value is 0.400. The minimum atomic E-state index is -3.43. The lowest BCUT2D eigenvalue weighted by atomic mass is 10.3. The number of hydrogen-bond acceptors (Lipinski definition) is 5. The van der Waals surface area contributed by atoms with Gasteiger partial charge in [-0.2, -0.15) is 11.8 Å². The van der Waals surface area contributed by atoms with Gasteiger partial charge in [0, 0.05) is 23.2 Å². The topological polar surface area (TPSA) is 58.2 Å². The van der Waals surface area contributed by atoms with E-state index in [-0.39, 0.29) is 0 Å². The number of sulfonamides is 1. The maximum Gasteiger partial charge on any atom is 0.242 e. The van der Waals surface area contributed by atoms with E-state index in [4.69, 9.17) is 0 Å². The molecule has 0 fully saturated rings. The van der Waals surface area contributed by atoms with Crippen molar-refractivity contribution in [3.05, 3.63) is 14.7 Å². The van der Waals surface area contributed by atoms with Gasteiger partial charge in [-0.15, -0.1) is 11.3 Å². The van der Waals surface area contributed by atoms with Crippen molar-refractivity contribution in [2.24, 2.45) is 0 Å². The maximum absolute atomic E-state index is 12.3. The molecule has 1 heterocycles. The summed E-state index contributed by atoms with van der Waals surface area (Å²) in [6.45, 7) is 6.30. The molecule has 4 nitrogen and oxygen atoms in total. The lowest BCUT2D eigenvalue weighted by Crippen LogP contribution is -2.26. The van der Waals surface area contributed by atoms with E-state index >= 15 is 0 Å². The van der Waals surface area contributed by atoms with E-state index in [1.807, 2.05) is 6.26 Å². The van der Waals surface area contributed by atoms with Crippen LogP contribution in [0.4, 0.5) is 0 Å². The Bertz CT molecular complexity index is 532. The third-order valence-electron chi connectivity index (χ3n) is 2.97. The fourth-order valence-electron chi connectivity index (χ4n) is 1.65. The number of rotatable bonds is 10. The van der Waals surface area contributed by atoms with Crippen LogP contribution in [0, 0.1) is 0 Å². The van der Waals surface area contributed by atoms with Gasteiger partial charge in [-0.3, -0.25) is 0 Å². The van der Waals surface area contributed by atoms with Crippen LogP contribution in [-0.4, -0.2) is 33.0 Å². The van der Waals surface area contributed by atoms with Crippen molar-refractivity contribution >= 4 is 49.1 Å². The quantitative estimate of drug-likeness (QED) is 0.575. The summed E-state index contributed by atoms with van der Waals surface area (Å²) >= 11 is 6.57. The van der Waals surface area contributed by atoms with Gasteiger partial charge >= 0.3 is 0 Å². The molecule has 1 rings (SSSR count). The largest absolute Gasteiger partial charge is 0.312 e. The minimum absolute atomic E-state index is 0.345. The Morgan fingerprint density at radius 2 is 2.14 bits per heavy atom. The SMILES string of the molecule is CCCNCc1cc(S(=O)(=O)NCCC(C)SC)c(Br)s1. The van der Waals surface area contributed by atoms with Crippen LogP contribution in [0.5, 0.6) is 0 Å². The molecule has 0 bridgehead atoms. The zero-order chi connectivity index (χ0) is 15.9. The fourth-order valence-corrected chi connectivity index (χ4v) is 5.70. The summed E-state index contributed by atoms with van der Waals surface area (Å²) in [4.78, 5) is 1.37. The average molecular weight is 415 g/mol. The van der Waals surface area contributed by atoms with Crippen molar-refractivity contribution in [2.75, 3.05) is 19.3 Å². The van der Waals surface area contributed by atoms with Crippen LogP contribution < -0.4 is 10.0 Å². The van der Waals surface area contributed by atoms with Crippen molar-refractivity contribution in [2.45, 2.75) is 43.4 Å². The normalized spacial score (nSPS) is 13.5. The van der Waals surface area contributed by atoms with Gasteiger partial charge in [0.15, 0.2) is 0 Å². The lowest BCUT2D eigenvalue weighted by Gasteiger charge is -2.09. The first-order chi connectivity index (χ1) is 9.90. The van der Waals surface area contributed by atoms with Crippen LogP contribution >= 0.6 is 39.0 Å². The van der Waals surface area contributed by atoms with Crippen LogP contribution in [0.1, 0.15) is 31.6 Å². The van der Waals surface area contributed by atoms with Gasteiger partial charge in [-0.1, -0.05) is 13.8 Å². The van der Waals surface area contributed by atoms with Gasteiger partial charge in [0.1, 0.15) is 4.90 Å². The van der Waals surface area contributed by atoms with Crippen LogP contribution in [0.15, 0.2) is 14.7 Å². The number of hydrogen-bond donors (Lipinski definition) is 2. The second kappa shape index (κ2) is 9.52. The van der Waals surface area contributed by atoms with E-state index in [0.29, 0.717) is 27.0 Å². The Balaban J connectivity index is 2.65. The van der Waals surface area contributed by atoms with Crippen molar-refractivity contribution < 1.29 is 8.42 Å². The van der Waals surface area contributed by atoms with Gasteiger partial charge in [0.25, 0.3) is 0 Å². The third kappa shape index (κ3) is 6.58. The summed E-state index contributed by atoms with van der Waals surface area (Å²) < 4.78 is 28.0. The van der Waals surface area contributed by atoms with Crippen LogP contribution in [0.2, 0.25) is 0 Å². The summed E-state index contributed by atoms with van der Waals surface area (Å²) in [5.74, 6) is 0. The minimum Gasteiger partial charge on any atom is -0.312 e. The van der Waals surface area contributed by atoms with Crippen LogP contribution in [0.3, 0.4) is 0 Å². The molecule has 122 valence electrons. The first-order valence-corrected chi connectivity index (χ1v) is 11.3. The molecule has 0 aliphatic rings. The summed E-state index contributed by atoms with van der Waals surface area (Å²) in [6, 6.07) is 1.75.